The largest absolute Gasteiger partial charge is 0.504 e. The fraction of sp³-hybridized carbons (Fsp3) is 0.393. The normalized spacial score (nSPS) is 23.6. The molecule has 14 heterocycles. The van der Waals surface area contributed by atoms with Crippen molar-refractivity contribution < 1.29 is 76.2 Å². The van der Waals surface area contributed by atoms with Crippen molar-refractivity contribution in [1.82, 2.24) is 58.8 Å². The first-order valence-corrected chi connectivity index (χ1v) is 53.4. The molecule has 12 fully saturated rings. The lowest BCUT2D eigenvalue weighted by molar-refractivity contribution is -0.131. The molecule has 12 aliphatic rings. The van der Waals surface area contributed by atoms with Gasteiger partial charge >= 0.3 is 0 Å². The van der Waals surface area contributed by atoms with E-state index in [1.165, 1.54) is 0 Å². The Bertz CT molecular complexity index is 6090. The third-order valence-corrected chi connectivity index (χ3v) is 31.5. The van der Waals surface area contributed by atoms with Crippen LogP contribution in [-0.4, -0.2) is 223 Å². The molecule has 2 aromatic heterocycles. The Morgan fingerprint density at radius 2 is 0.427 bits per heavy atom. The molecule has 784 valence electrons. The molecule has 12 aromatic rings. The summed E-state index contributed by atoms with van der Waals surface area (Å²) in [5.41, 5.74) is 11.0. The van der Waals surface area contributed by atoms with Crippen LogP contribution in [0.3, 0.4) is 0 Å². The van der Waals surface area contributed by atoms with Gasteiger partial charge in [0.05, 0.1) is 91.4 Å². The van der Waals surface area contributed by atoms with Gasteiger partial charge in [0.1, 0.15) is 48.5 Å². The van der Waals surface area contributed by atoms with Crippen LogP contribution in [0.1, 0.15) is 220 Å². The molecule has 28 heteroatoms. The van der Waals surface area contributed by atoms with E-state index in [1.807, 2.05) is 224 Å². The topological polar surface area (TPSA) is 263 Å². The monoisotopic (exact) mass is 2030 g/mol. The van der Waals surface area contributed by atoms with Crippen LogP contribution in [0, 0.1) is 0 Å². The number of nitrogens with zero attached hydrogens (tertiary/aromatic N) is 12. The number of phenols is 2. The first-order valence-electron chi connectivity index (χ1n) is 53.4. The summed E-state index contributed by atoms with van der Waals surface area (Å²) in [5.74, 6) is 7.00. The van der Waals surface area contributed by atoms with Gasteiger partial charge in [-0.2, -0.15) is 0 Å². The van der Waals surface area contributed by atoms with Gasteiger partial charge in [-0.3, -0.25) is 58.2 Å². The molecule has 2 N–H and O–H groups in total. The second kappa shape index (κ2) is 49.0. The van der Waals surface area contributed by atoms with Crippen molar-refractivity contribution in [3.05, 3.63) is 359 Å². The molecule has 12 aliphatic heterocycles. The van der Waals surface area contributed by atoms with Gasteiger partial charge in [0, 0.05) is 78.5 Å². The number of carbonyl (C=O) groups is 6. The number of phenolic OH excluding ortho intramolecular Hbond substituents is 2. The number of ether oxygens (including phenoxy) is 6. The zero-order valence-electron chi connectivity index (χ0n) is 86.8. The Kier molecular flexibility index (Phi) is 34.1. The molecule has 0 bridgehead atoms. The summed E-state index contributed by atoms with van der Waals surface area (Å²) in [6.45, 7) is 9.32. The smallest absolute Gasteiger partial charge is 0.241 e. The van der Waals surface area contributed by atoms with Gasteiger partial charge in [-0.25, -0.2) is 0 Å². The minimum Gasteiger partial charge on any atom is -0.504 e. The van der Waals surface area contributed by atoms with Crippen molar-refractivity contribution in [3.63, 3.8) is 0 Å². The third kappa shape index (κ3) is 22.8. The van der Waals surface area contributed by atoms with E-state index in [0.29, 0.717) is 73.8 Å². The molecule has 150 heavy (non-hydrogen) atoms. The SMILES string of the molecule is COc1cc([C@@H]2N(Cc3ccccc3)C(=O)C3CCCCN32)ccc1O.COc1cc([C@H]2N(Cc3ccccc3)C(=O)C3CCCCN32)ccc1O.COc1ccc([C@@H]2N(Cc3ccccc3)C(=O)C3CCCCN32)cc1OC.COc1ccc([C@H]2N(Cc3ccccc3)C(=O)C3CCCCN32)cc1OC.O=C1C2CCCCN2[C@@H](c2ccco2)N1Cc1ccccc1.O=C1C2CCCCN2[C@H](c2ccco2)N1Cc1ccccc1. The Labute approximate surface area is 880 Å². The second-order valence-electron chi connectivity index (χ2n) is 40.6. The first-order chi connectivity index (χ1) is 73.5. The van der Waals surface area contributed by atoms with Crippen molar-refractivity contribution in [1.29, 1.82) is 0 Å². The van der Waals surface area contributed by atoms with Gasteiger partial charge in [0.25, 0.3) is 0 Å². The van der Waals surface area contributed by atoms with Crippen molar-refractivity contribution in [2.24, 2.45) is 0 Å². The van der Waals surface area contributed by atoms with Crippen LogP contribution in [0.25, 0.3) is 0 Å². The molecule has 0 radical (unpaired) electrons. The highest BCUT2D eigenvalue weighted by molar-refractivity contribution is 5.88. The minimum atomic E-state index is -0.123. The number of hydrogen-bond acceptors (Lipinski definition) is 22. The molecule has 12 atom stereocenters. The molecule has 6 unspecified atom stereocenters. The third-order valence-electron chi connectivity index (χ3n) is 31.5. The number of carbonyl (C=O) groups excluding carboxylic acids is 6. The zero-order chi connectivity index (χ0) is 104. The number of methoxy groups -OCH3 is 6. The lowest BCUT2D eigenvalue weighted by atomic mass is 10.0. The van der Waals surface area contributed by atoms with Crippen molar-refractivity contribution in [2.75, 3.05) is 81.9 Å². The first kappa shape index (κ1) is 104. The molecule has 24 rings (SSSR count). The Morgan fingerprint density at radius 3 is 0.633 bits per heavy atom. The van der Waals surface area contributed by atoms with E-state index in [2.05, 4.69) is 102 Å². The van der Waals surface area contributed by atoms with Crippen molar-refractivity contribution in [3.8, 4) is 46.0 Å². The molecule has 10 aromatic carbocycles. The Hall–Kier alpha value is -14.3. The zero-order valence-corrected chi connectivity index (χ0v) is 86.8. The number of piperidine rings is 6. The molecule has 28 nitrogen and oxygen atoms in total. The van der Waals surface area contributed by atoms with Crippen LogP contribution in [0.4, 0.5) is 0 Å². The van der Waals surface area contributed by atoms with Crippen LogP contribution < -0.4 is 28.4 Å². The number of furan rings is 2. The van der Waals surface area contributed by atoms with E-state index in [0.717, 1.165) is 222 Å². The maximum absolute atomic E-state index is 13.2. The van der Waals surface area contributed by atoms with E-state index < -0.39 is 0 Å². The van der Waals surface area contributed by atoms with Gasteiger partial charge in [-0.05, 0) is 205 Å². The molecule has 6 amide bonds. The minimum absolute atomic E-state index is 0.0134. The fourth-order valence-electron chi connectivity index (χ4n) is 24.4. The second-order valence-corrected chi connectivity index (χ2v) is 40.6. The quantitative estimate of drug-likeness (QED) is 0.0569. The molecular formula is C122H140N12O16. The average Bonchev–Trinajstić information content (AvgIpc) is 1.61. The highest BCUT2D eigenvalue weighted by atomic mass is 16.5. The standard InChI is InChI=1S/2C22H26N2O3.2C21H24N2O3.2C18H20N2O2/c2*1-26-19-12-11-17(14-20(19)27-2)21-23-13-7-6-10-18(23)22(25)24(21)15-16-8-4-3-5-9-16;2*1-26-19-13-16(10-11-18(19)24)20-22-12-6-5-9-17(22)21(25)23(20)14-15-7-3-2-4-8-15;2*21-18-15-9-4-5-11-19(15)17(16-10-6-12-22-16)20(18)13-14-7-2-1-3-8-14/h2*3-5,8-9,11-12,14,18,21H,6-7,10,13,15H2,1-2H3;2*2-4,7-8,10-11,13,17,20,24H,5-6,9,12,14H2,1H3;2*1-3,6-8,10,12,15,17H,4-5,9,11,13H2/t2*18?,21-;2*17?,20-;2*15?,17-/m101010/s1. The molecule has 0 saturated carbocycles. The molecule has 12 saturated heterocycles. The summed E-state index contributed by atoms with van der Waals surface area (Å²) in [6.07, 6.45) is 22.0. The lowest BCUT2D eigenvalue weighted by Crippen LogP contribution is -2.38. The number of fused-ring (bicyclic) bond motifs is 6. The Morgan fingerprint density at radius 1 is 0.227 bits per heavy atom. The van der Waals surface area contributed by atoms with Crippen molar-refractivity contribution in [2.45, 2.75) is 228 Å². The fourth-order valence-corrected chi connectivity index (χ4v) is 24.4. The van der Waals surface area contributed by atoms with Gasteiger partial charge in [0.15, 0.2) is 46.0 Å². The van der Waals surface area contributed by atoms with Gasteiger partial charge < -0.3 is 76.9 Å². The van der Waals surface area contributed by atoms with Crippen LogP contribution in [0.15, 0.2) is 300 Å². The van der Waals surface area contributed by atoms with Crippen molar-refractivity contribution >= 4 is 35.4 Å². The highest BCUT2D eigenvalue weighted by Crippen LogP contribution is 2.50. The van der Waals surface area contributed by atoms with E-state index in [-0.39, 0.29) is 120 Å². The lowest BCUT2D eigenvalue weighted by Gasteiger charge is -2.34. The van der Waals surface area contributed by atoms with E-state index in [4.69, 9.17) is 37.3 Å². The molecular weight excluding hydrogens is 1890 g/mol. The van der Waals surface area contributed by atoms with Crippen LogP contribution in [0.2, 0.25) is 0 Å². The number of rotatable bonds is 24. The van der Waals surface area contributed by atoms with Gasteiger partial charge in [-0.1, -0.05) is 245 Å². The summed E-state index contributed by atoms with van der Waals surface area (Å²) in [4.78, 5) is 104. The number of amides is 6. The maximum Gasteiger partial charge on any atom is 0.241 e. The summed E-state index contributed by atoms with van der Waals surface area (Å²) in [6, 6.07) is 91.4. The Balaban J connectivity index is 0.000000113. The summed E-state index contributed by atoms with van der Waals surface area (Å²) < 4.78 is 43.7. The number of hydrogen-bond donors (Lipinski definition) is 2. The maximum atomic E-state index is 13.2. The summed E-state index contributed by atoms with van der Waals surface area (Å²) >= 11 is 0. The van der Waals surface area contributed by atoms with Gasteiger partial charge in [-0.15, -0.1) is 0 Å². The highest BCUT2D eigenvalue weighted by Gasteiger charge is 2.55. The summed E-state index contributed by atoms with van der Waals surface area (Å²) in [5, 5.41) is 19.9. The van der Waals surface area contributed by atoms with E-state index >= 15 is 0 Å². The van der Waals surface area contributed by atoms with Crippen LogP contribution in [-0.2, 0) is 68.0 Å². The molecule has 0 spiro atoms. The predicted octanol–water partition coefficient (Wildman–Crippen LogP) is 20.1. The van der Waals surface area contributed by atoms with E-state index in [9.17, 15) is 39.0 Å². The van der Waals surface area contributed by atoms with E-state index in [1.54, 1.807) is 67.3 Å². The predicted molar refractivity (Wildman–Crippen MR) is 570 cm³/mol. The molecule has 0 aliphatic carbocycles. The number of aromatic hydroxyl groups is 2. The average molecular weight is 2030 g/mol. The van der Waals surface area contributed by atoms with Crippen LogP contribution >= 0.6 is 0 Å². The summed E-state index contributed by atoms with van der Waals surface area (Å²) in [7, 11) is 9.66. The van der Waals surface area contributed by atoms with Gasteiger partial charge in [0.2, 0.25) is 35.4 Å². The number of benzene rings is 10. The van der Waals surface area contributed by atoms with Crippen LogP contribution in [0.5, 0.6) is 46.0 Å².